The third-order valence-corrected chi connectivity index (χ3v) is 5.87. The van der Waals surface area contributed by atoms with Crippen molar-refractivity contribution >= 4 is 16.8 Å². The largest absolute Gasteiger partial charge is 1.00 e. The Balaban J connectivity index is 0.00000259. The number of benzene rings is 4. The van der Waals surface area contributed by atoms with Gasteiger partial charge >= 0.3 is 0 Å². The van der Waals surface area contributed by atoms with Crippen molar-refractivity contribution in [1.29, 1.82) is 0 Å². The maximum atomic E-state index is 13.2. The van der Waals surface area contributed by atoms with Gasteiger partial charge in [-0.15, -0.1) is 0 Å². The Labute approximate surface area is 204 Å². The summed E-state index contributed by atoms with van der Waals surface area (Å²) in [5, 5.41) is 0. The van der Waals surface area contributed by atoms with Gasteiger partial charge in [0.1, 0.15) is 6.54 Å². The van der Waals surface area contributed by atoms with Crippen LogP contribution in [-0.2, 0) is 19.5 Å². The predicted molar refractivity (Wildman–Crippen MR) is 128 cm³/mol. The molecule has 1 aromatic heterocycles. The number of nitrogens with zero attached hydrogens (tertiary/aromatic N) is 2. The summed E-state index contributed by atoms with van der Waals surface area (Å²) in [5.74, 6) is 1.25. The van der Waals surface area contributed by atoms with E-state index in [2.05, 4.69) is 75.9 Å². The minimum atomic E-state index is 0. The van der Waals surface area contributed by atoms with Crippen molar-refractivity contribution in [2.24, 2.45) is 0 Å². The second kappa shape index (κ2) is 10.4. The average Bonchev–Trinajstić information content (AvgIpc) is 3.13. The first-order valence-corrected chi connectivity index (χ1v) is 11.0. The molecule has 4 heteroatoms. The van der Waals surface area contributed by atoms with E-state index in [0.29, 0.717) is 6.54 Å². The molecule has 0 spiro atoms. The molecule has 0 amide bonds. The lowest BCUT2D eigenvalue weighted by atomic mass is 10.1. The van der Waals surface area contributed by atoms with E-state index < -0.39 is 0 Å². The summed E-state index contributed by atoms with van der Waals surface area (Å²) in [6.45, 7) is 1.07. The molecule has 4 aromatic carbocycles. The molecule has 0 bridgehead atoms. The van der Waals surface area contributed by atoms with Crippen molar-refractivity contribution in [2.45, 2.75) is 19.5 Å². The van der Waals surface area contributed by atoms with Crippen LogP contribution in [0.2, 0.25) is 0 Å². The Bertz CT molecular complexity index is 1350. The number of ketones is 1. The highest BCUT2D eigenvalue weighted by Crippen LogP contribution is 2.19. The number of Topliss-reactive ketones (excluding diaryl/α,β-unsaturated/α-hetero) is 1. The van der Waals surface area contributed by atoms with E-state index in [1.807, 2.05) is 48.5 Å². The van der Waals surface area contributed by atoms with E-state index in [9.17, 15) is 4.79 Å². The molecule has 3 nitrogen and oxygen atoms in total. The summed E-state index contributed by atoms with van der Waals surface area (Å²) in [5.41, 5.74) is 5.43. The first-order valence-electron chi connectivity index (χ1n) is 11.0. The number of fused-ring (bicyclic) bond motifs is 1. The van der Waals surface area contributed by atoms with E-state index in [-0.39, 0.29) is 22.8 Å². The number of hydrogen-bond acceptors (Lipinski definition) is 1. The van der Waals surface area contributed by atoms with Crippen LogP contribution in [-0.4, -0.2) is 10.4 Å². The highest BCUT2D eigenvalue weighted by atomic mass is 79.9. The van der Waals surface area contributed by atoms with Crippen LogP contribution in [0.5, 0.6) is 0 Å². The second-order valence-electron chi connectivity index (χ2n) is 8.01. The van der Waals surface area contributed by atoms with E-state index in [0.717, 1.165) is 35.4 Å². The fraction of sp³-hybridized carbons (Fsp3) is 0.103. The summed E-state index contributed by atoms with van der Waals surface area (Å²) >= 11 is 0. The standard InChI is InChI=1S/C29H25N2O.BrH/c32-28(25-16-8-3-9-17-25)22-31-27-19-11-10-18-26(27)30(21-24-14-6-2-7-15-24)29(31)20-23-12-4-1-5-13-23;/h1-19H,20-22H2;1H/q+1;/p-1. The third kappa shape index (κ3) is 4.96. The van der Waals surface area contributed by atoms with Gasteiger partial charge < -0.3 is 17.0 Å². The van der Waals surface area contributed by atoms with Crippen LogP contribution in [0.1, 0.15) is 27.3 Å². The summed E-state index contributed by atoms with van der Waals surface area (Å²) in [4.78, 5) is 13.2. The van der Waals surface area contributed by atoms with Crippen LogP contribution in [0, 0.1) is 0 Å². The minimum absolute atomic E-state index is 0. The molecule has 0 aliphatic rings. The molecule has 33 heavy (non-hydrogen) atoms. The number of carbonyl (C=O) groups excluding carboxylic acids is 1. The molecule has 5 rings (SSSR count). The Hall–Kier alpha value is -3.50. The predicted octanol–water partition coefficient (Wildman–Crippen LogP) is 2.45. The molecule has 5 aromatic rings. The number of halogens is 1. The normalized spacial score (nSPS) is 10.7. The summed E-state index contributed by atoms with van der Waals surface area (Å²) in [6.07, 6.45) is 0.754. The van der Waals surface area contributed by atoms with E-state index in [1.165, 1.54) is 11.1 Å². The molecule has 0 fully saturated rings. The maximum Gasteiger partial charge on any atom is 0.262 e. The monoisotopic (exact) mass is 496 g/mol. The molecule has 0 aliphatic heterocycles. The zero-order chi connectivity index (χ0) is 21.8. The van der Waals surface area contributed by atoms with Crippen LogP contribution in [0.25, 0.3) is 11.0 Å². The highest BCUT2D eigenvalue weighted by Gasteiger charge is 2.27. The van der Waals surface area contributed by atoms with Gasteiger partial charge in [0.25, 0.3) is 5.82 Å². The average molecular weight is 497 g/mol. The Morgan fingerprint density at radius 2 is 1.21 bits per heavy atom. The van der Waals surface area contributed by atoms with Crippen molar-refractivity contribution < 1.29 is 26.3 Å². The zero-order valence-corrected chi connectivity index (χ0v) is 19.9. The molecule has 0 unspecified atom stereocenters. The van der Waals surface area contributed by atoms with Crippen LogP contribution >= 0.6 is 0 Å². The van der Waals surface area contributed by atoms with Crippen LogP contribution in [0.15, 0.2) is 115 Å². The maximum absolute atomic E-state index is 13.2. The van der Waals surface area contributed by atoms with E-state index in [4.69, 9.17) is 0 Å². The molecule has 164 valence electrons. The van der Waals surface area contributed by atoms with E-state index >= 15 is 0 Å². The van der Waals surface area contributed by atoms with Gasteiger partial charge in [-0.3, -0.25) is 4.79 Å². The molecule has 1 heterocycles. The Morgan fingerprint density at radius 1 is 0.667 bits per heavy atom. The number of rotatable bonds is 7. The molecular weight excluding hydrogens is 472 g/mol. The number of aromatic nitrogens is 2. The van der Waals surface area contributed by atoms with Crippen LogP contribution in [0.3, 0.4) is 0 Å². The van der Waals surface area contributed by atoms with Gasteiger partial charge in [-0.1, -0.05) is 103 Å². The first-order chi connectivity index (χ1) is 15.8. The van der Waals surface area contributed by atoms with Crippen molar-refractivity contribution in [2.75, 3.05) is 0 Å². The van der Waals surface area contributed by atoms with Crippen molar-refractivity contribution in [3.63, 3.8) is 0 Å². The van der Waals surface area contributed by atoms with Crippen molar-refractivity contribution in [3.8, 4) is 0 Å². The number of imidazole rings is 1. The molecule has 0 radical (unpaired) electrons. The van der Waals surface area contributed by atoms with Crippen LogP contribution < -0.4 is 21.5 Å². The first kappa shape index (κ1) is 22.7. The lowest BCUT2D eigenvalue weighted by Crippen LogP contribution is -3.00. The van der Waals surface area contributed by atoms with E-state index in [1.54, 1.807) is 0 Å². The van der Waals surface area contributed by atoms with Gasteiger partial charge in [-0.05, 0) is 23.3 Å². The van der Waals surface area contributed by atoms with Gasteiger partial charge in [0.2, 0.25) is 5.78 Å². The lowest BCUT2D eigenvalue weighted by molar-refractivity contribution is -0.670. The SMILES string of the molecule is O=C(Cn1c(Cc2ccccc2)[n+](Cc2ccccc2)c2ccccc21)c1ccccc1.[Br-]. The summed E-state index contributed by atoms with van der Waals surface area (Å²) in [6, 6.07) is 38.9. The third-order valence-electron chi connectivity index (χ3n) is 5.87. The van der Waals surface area contributed by atoms with Crippen LogP contribution in [0.4, 0.5) is 0 Å². The smallest absolute Gasteiger partial charge is 0.262 e. The Kier molecular flexibility index (Phi) is 7.16. The zero-order valence-electron chi connectivity index (χ0n) is 18.3. The lowest BCUT2D eigenvalue weighted by Gasteiger charge is -2.07. The van der Waals surface area contributed by atoms with Gasteiger partial charge in [0.05, 0.1) is 6.42 Å². The van der Waals surface area contributed by atoms with Gasteiger partial charge in [0, 0.05) is 5.56 Å². The van der Waals surface area contributed by atoms with Crippen molar-refractivity contribution in [1.82, 2.24) is 4.57 Å². The second-order valence-corrected chi connectivity index (χ2v) is 8.01. The topological polar surface area (TPSA) is 25.9 Å². The summed E-state index contributed by atoms with van der Waals surface area (Å²) in [7, 11) is 0. The highest BCUT2D eigenvalue weighted by molar-refractivity contribution is 5.96. The molecule has 0 saturated carbocycles. The van der Waals surface area contributed by atoms with Gasteiger partial charge in [0.15, 0.2) is 17.6 Å². The van der Waals surface area contributed by atoms with Crippen molar-refractivity contribution in [3.05, 3.63) is 138 Å². The molecule has 0 saturated heterocycles. The fourth-order valence-corrected chi connectivity index (χ4v) is 4.29. The molecule has 0 aliphatic carbocycles. The minimum Gasteiger partial charge on any atom is -1.00 e. The fourth-order valence-electron chi connectivity index (χ4n) is 4.29. The van der Waals surface area contributed by atoms with Gasteiger partial charge in [-0.25, -0.2) is 9.13 Å². The van der Waals surface area contributed by atoms with Gasteiger partial charge in [-0.2, -0.15) is 0 Å². The number of hydrogen-bond donors (Lipinski definition) is 0. The number of carbonyl (C=O) groups is 1. The summed E-state index contributed by atoms with van der Waals surface area (Å²) < 4.78 is 4.55. The molecule has 0 N–H and O–H groups in total. The molecular formula is C29H25BrN2O. The Morgan fingerprint density at radius 3 is 1.88 bits per heavy atom. The quantitative estimate of drug-likeness (QED) is 0.251. The molecule has 0 atom stereocenters. The number of para-hydroxylation sites is 2.